The fourth-order valence-corrected chi connectivity index (χ4v) is 4.61. The van der Waals surface area contributed by atoms with Crippen LogP contribution in [0, 0.1) is 0 Å². The molecule has 2 aromatic rings. The van der Waals surface area contributed by atoms with Crippen LogP contribution in [0.4, 0.5) is 0 Å². The number of hydrogen-bond acceptors (Lipinski definition) is 3. The van der Waals surface area contributed by atoms with Gasteiger partial charge in [0.1, 0.15) is 0 Å². The second-order valence-corrected chi connectivity index (χ2v) is 7.31. The molecule has 0 spiro atoms. The number of hydrogen-bond donors (Lipinski definition) is 1. The second-order valence-electron chi connectivity index (χ2n) is 3.56. The minimum atomic E-state index is 0.186. The molecule has 1 N–H and O–H groups in total. The van der Waals surface area contributed by atoms with E-state index >= 15 is 0 Å². The average Bonchev–Trinajstić information content (AvgIpc) is 2.66. The molecule has 0 fully saturated rings. The fourth-order valence-electron chi connectivity index (χ4n) is 1.71. The minimum Gasteiger partial charge on any atom is -0.306 e. The molecule has 0 saturated heterocycles. The highest BCUT2D eigenvalue weighted by atomic mass is 79.9. The van der Waals surface area contributed by atoms with E-state index in [0.29, 0.717) is 0 Å². The summed E-state index contributed by atoms with van der Waals surface area (Å²) < 4.78 is 2.28. The van der Waals surface area contributed by atoms with Gasteiger partial charge in [-0.15, -0.1) is 11.3 Å². The molecule has 0 aromatic carbocycles. The van der Waals surface area contributed by atoms with Crippen LogP contribution in [-0.4, -0.2) is 11.5 Å². The zero-order valence-corrected chi connectivity index (χ0v) is 13.3. The molecule has 0 aliphatic carbocycles. The topological polar surface area (TPSA) is 24.9 Å². The van der Waals surface area contributed by atoms with E-state index in [0.717, 1.165) is 14.1 Å². The zero-order valence-electron chi connectivity index (χ0n) is 9.28. The Kier molecular flexibility index (Phi) is 4.73. The summed E-state index contributed by atoms with van der Waals surface area (Å²) in [5.41, 5.74) is 2.43. The Bertz CT molecular complexity index is 485. The van der Waals surface area contributed by atoms with Crippen molar-refractivity contribution < 1.29 is 0 Å². The van der Waals surface area contributed by atoms with Crippen molar-refractivity contribution in [3.05, 3.63) is 49.3 Å². The Morgan fingerprint density at radius 3 is 2.82 bits per heavy atom. The highest BCUT2D eigenvalue weighted by molar-refractivity contribution is 9.12. The molecule has 1 atom stereocenters. The number of thiophene rings is 1. The first-order valence-electron chi connectivity index (χ1n) is 5.30. The van der Waals surface area contributed by atoms with Crippen molar-refractivity contribution in [2.24, 2.45) is 0 Å². The molecule has 2 heterocycles. The monoisotopic (exact) mass is 374 g/mol. The molecule has 0 bridgehead atoms. The molecule has 0 radical (unpaired) electrons. The lowest BCUT2D eigenvalue weighted by Crippen LogP contribution is -2.21. The van der Waals surface area contributed by atoms with Crippen LogP contribution in [0.25, 0.3) is 0 Å². The van der Waals surface area contributed by atoms with E-state index in [1.54, 1.807) is 17.5 Å². The number of nitrogens with one attached hydrogen (secondary N) is 1. The zero-order chi connectivity index (χ0) is 12.3. The summed E-state index contributed by atoms with van der Waals surface area (Å²) in [5.74, 6) is 0. The predicted molar refractivity (Wildman–Crippen MR) is 79.5 cm³/mol. The van der Waals surface area contributed by atoms with Gasteiger partial charge in [0.2, 0.25) is 0 Å². The van der Waals surface area contributed by atoms with Crippen molar-refractivity contribution in [3.8, 4) is 0 Å². The molecule has 0 amide bonds. The lowest BCUT2D eigenvalue weighted by molar-refractivity contribution is 0.628. The van der Waals surface area contributed by atoms with Crippen molar-refractivity contribution in [3.63, 3.8) is 0 Å². The highest BCUT2D eigenvalue weighted by Crippen LogP contribution is 2.37. The van der Waals surface area contributed by atoms with Gasteiger partial charge in [0.05, 0.1) is 13.6 Å². The molecule has 2 rings (SSSR count). The summed E-state index contributed by atoms with van der Waals surface area (Å²) in [6.07, 6.45) is 3.70. The molecule has 1 unspecified atom stereocenters. The minimum absolute atomic E-state index is 0.186. The SMILES string of the molecule is CCNC(c1cccnc1)c1cc(Br)sc1Br. The molecule has 0 aliphatic heterocycles. The van der Waals surface area contributed by atoms with Gasteiger partial charge in [-0.25, -0.2) is 0 Å². The van der Waals surface area contributed by atoms with Crippen molar-refractivity contribution in [2.45, 2.75) is 13.0 Å². The molecule has 90 valence electrons. The van der Waals surface area contributed by atoms with E-state index < -0.39 is 0 Å². The van der Waals surface area contributed by atoms with Crippen LogP contribution >= 0.6 is 43.2 Å². The third kappa shape index (κ3) is 3.16. The van der Waals surface area contributed by atoms with Gasteiger partial charge in [0.25, 0.3) is 0 Å². The van der Waals surface area contributed by atoms with Gasteiger partial charge < -0.3 is 5.32 Å². The van der Waals surface area contributed by atoms with Gasteiger partial charge >= 0.3 is 0 Å². The third-order valence-electron chi connectivity index (χ3n) is 2.42. The van der Waals surface area contributed by atoms with Crippen LogP contribution in [0.3, 0.4) is 0 Å². The maximum Gasteiger partial charge on any atom is 0.0761 e. The standard InChI is InChI=1S/C12H12Br2N2S/c1-2-16-11(8-4-3-5-15-7-8)9-6-10(13)17-12(9)14/h3-7,11,16H,2H2,1H3. The lowest BCUT2D eigenvalue weighted by Gasteiger charge is -2.17. The largest absolute Gasteiger partial charge is 0.306 e. The summed E-state index contributed by atoms with van der Waals surface area (Å²) in [6, 6.07) is 6.40. The quantitative estimate of drug-likeness (QED) is 0.858. The van der Waals surface area contributed by atoms with Gasteiger partial charge in [-0.05, 0) is 61.7 Å². The van der Waals surface area contributed by atoms with Crippen molar-refractivity contribution in [1.29, 1.82) is 0 Å². The van der Waals surface area contributed by atoms with Crippen LogP contribution in [-0.2, 0) is 0 Å². The summed E-state index contributed by atoms with van der Waals surface area (Å²) in [7, 11) is 0. The van der Waals surface area contributed by atoms with Crippen LogP contribution in [0.2, 0.25) is 0 Å². The molecule has 0 saturated carbocycles. The number of rotatable bonds is 4. The van der Waals surface area contributed by atoms with E-state index in [2.05, 4.69) is 61.2 Å². The maximum absolute atomic E-state index is 4.19. The van der Waals surface area contributed by atoms with Gasteiger partial charge in [-0.2, -0.15) is 0 Å². The van der Waals surface area contributed by atoms with Crippen molar-refractivity contribution >= 4 is 43.2 Å². The first kappa shape index (κ1) is 13.2. The Hall–Kier alpha value is -0.230. The second kappa shape index (κ2) is 6.09. The first-order chi connectivity index (χ1) is 8.22. The van der Waals surface area contributed by atoms with E-state index in [9.17, 15) is 0 Å². The third-order valence-corrected chi connectivity index (χ3v) is 4.81. The van der Waals surface area contributed by atoms with Crippen LogP contribution in [0.5, 0.6) is 0 Å². The first-order valence-corrected chi connectivity index (χ1v) is 7.70. The molecule has 17 heavy (non-hydrogen) atoms. The molecule has 5 heteroatoms. The molecular weight excluding hydrogens is 364 g/mol. The summed E-state index contributed by atoms with van der Waals surface area (Å²) in [4.78, 5) is 4.19. The van der Waals surface area contributed by atoms with E-state index in [1.165, 1.54) is 11.1 Å². The van der Waals surface area contributed by atoms with Crippen molar-refractivity contribution in [2.75, 3.05) is 6.54 Å². The summed E-state index contributed by atoms with van der Waals surface area (Å²) in [6.45, 7) is 3.03. The number of pyridine rings is 1. The summed E-state index contributed by atoms with van der Waals surface area (Å²) in [5, 5.41) is 3.49. The van der Waals surface area contributed by atoms with E-state index in [4.69, 9.17) is 0 Å². The lowest BCUT2D eigenvalue weighted by atomic mass is 10.0. The molecule has 2 nitrogen and oxygen atoms in total. The van der Waals surface area contributed by atoms with Gasteiger partial charge in [0.15, 0.2) is 0 Å². The Morgan fingerprint density at radius 2 is 2.29 bits per heavy atom. The van der Waals surface area contributed by atoms with Crippen LogP contribution < -0.4 is 5.32 Å². The number of nitrogens with zero attached hydrogens (tertiary/aromatic N) is 1. The number of halogens is 2. The molecule has 0 aliphatic rings. The van der Waals surface area contributed by atoms with Gasteiger partial charge in [-0.3, -0.25) is 4.98 Å². The highest BCUT2D eigenvalue weighted by Gasteiger charge is 2.18. The average molecular weight is 376 g/mol. The van der Waals surface area contributed by atoms with Crippen LogP contribution in [0.1, 0.15) is 24.1 Å². The Balaban J connectivity index is 2.39. The Morgan fingerprint density at radius 1 is 1.47 bits per heavy atom. The van der Waals surface area contributed by atoms with Crippen molar-refractivity contribution in [1.82, 2.24) is 10.3 Å². The smallest absolute Gasteiger partial charge is 0.0761 e. The van der Waals surface area contributed by atoms with E-state index in [-0.39, 0.29) is 6.04 Å². The van der Waals surface area contributed by atoms with Crippen LogP contribution in [0.15, 0.2) is 38.2 Å². The van der Waals surface area contributed by atoms with E-state index in [1.807, 2.05) is 12.3 Å². The number of aromatic nitrogens is 1. The normalized spacial score (nSPS) is 12.6. The maximum atomic E-state index is 4.19. The predicted octanol–water partition coefficient (Wildman–Crippen LogP) is 4.37. The van der Waals surface area contributed by atoms with Gasteiger partial charge in [0, 0.05) is 12.4 Å². The summed E-state index contributed by atoms with van der Waals surface area (Å²) >= 11 is 8.82. The molecule has 2 aromatic heterocycles. The Labute approximate surface area is 122 Å². The fraction of sp³-hybridized carbons (Fsp3) is 0.250. The van der Waals surface area contributed by atoms with Gasteiger partial charge in [-0.1, -0.05) is 13.0 Å². The molecular formula is C12H12Br2N2S.